The summed E-state index contributed by atoms with van der Waals surface area (Å²) < 4.78 is 0. The fourth-order valence-corrected chi connectivity index (χ4v) is 7.95. The molecule has 10 rings (SSSR count). The van der Waals surface area contributed by atoms with Gasteiger partial charge >= 0.3 is 0 Å². The number of fused-ring (bicyclic) bond motifs is 9. The first kappa shape index (κ1) is 26.9. The molecule has 0 saturated heterocycles. The standard InChI is InChI=1S/C48H30/c1-3-16-37-33(12-1)27-45(41-20-7-5-18-39(37)41)31-14-11-15-32(26-31)46-29-35-24-25-36(30-48(35)44-23-10-9-22-43(44)46)47-28-34-13-2-4-17-38(34)40-19-6-8-21-42(40)47/h1-30H. The minimum absolute atomic E-state index is 1.23. The third kappa shape index (κ3) is 4.16. The lowest BCUT2D eigenvalue weighted by molar-refractivity contribution is 1.64. The van der Waals surface area contributed by atoms with Gasteiger partial charge in [0.2, 0.25) is 0 Å². The van der Waals surface area contributed by atoms with E-state index in [9.17, 15) is 0 Å². The molecule has 0 aliphatic rings. The van der Waals surface area contributed by atoms with Gasteiger partial charge in [0.15, 0.2) is 0 Å². The third-order valence-corrected chi connectivity index (χ3v) is 10.2. The maximum absolute atomic E-state index is 2.40. The SMILES string of the molecule is c1cc(-c2cc3ccccc3c3ccccc23)cc(-c2cc3ccc(-c4cc5ccccc5c5ccccc45)cc3c3ccccc23)c1. The summed E-state index contributed by atoms with van der Waals surface area (Å²) in [5.74, 6) is 0. The van der Waals surface area contributed by atoms with E-state index in [1.54, 1.807) is 0 Å². The predicted octanol–water partition coefficient (Wildman–Crippen LogP) is 13.6. The maximum atomic E-state index is 2.40. The fraction of sp³-hybridized carbons (Fsp3) is 0. The van der Waals surface area contributed by atoms with Crippen molar-refractivity contribution in [3.8, 4) is 33.4 Å². The zero-order valence-corrected chi connectivity index (χ0v) is 26.3. The second-order valence-corrected chi connectivity index (χ2v) is 12.9. The molecule has 0 bridgehead atoms. The van der Waals surface area contributed by atoms with Gasteiger partial charge in [0.1, 0.15) is 0 Å². The molecule has 0 heteroatoms. The Bertz CT molecular complexity index is 2890. The molecule has 0 unspecified atom stereocenters. The highest BCUT2D eigenvalue weighted by Gasteiger charge is 2.14. The van der Waals surface area contributed by atoms with Crippen molar-refractivity contribution >= 4 is 64.6 Å². The van der Waals surface area contributed by atoms with Crippen molar-refractivity contribution in [2.24, 2.45) is 0 Å². The second kappa shape index (κ2) is 10.7. The maximum Gasteiger partial charge on any atom is -0.00988 e. The van der Waals surface area contributed by atoms with Crippen LogP contribution in [0.15, 0.2) is 182 Å². The van der Waals surface area contributed by atoms with Crippen molar-refractivity contribution in [2.75, 3.05) is 0 Å². The topological polar surface area (TPSA) is 0 Å². The Hall–Kier alpha value is -6.24. The van der Waals surface area contributed by atoms with E-state index in [2.05, 4.69) is 182 Å². The predicted molar refractivity (Wildman–Crippen MR) is 208 cm³/mol. The first-order chi connectivity index (χ1) is 23.8. The van der Waals surface area contributed by atoms with Crippen LogP contribution in [0.25, 0.3) is 98.0 Å². The number of rotatable bonds is 3. The molecule has 10 aromatic carbocycles. The summed E-state index contributed by atoms with van der Waals surface area (Å²) in [5.41, 5.74) is 7.50. The van der Waals surface area contributed by atoms with E-state index in [1.165, 1.54) is 98.0 Å². The molecule has 0 aromatic heterocycles. The van der Waals surface area contributed by atoms with Gasteiger partial charge < -0.3 is 0 Å². The van der Waals surface area contributed by atoms with Crippen LogP contribution in [0.2, 0.25) is 0 Å². The van der Waals surface area contributed by atoms with Crippen LogP contribution >= 0.6 is 0 Å². The van der Waals surface area contributed by atoms with Crippen LogP contribution in [0.4, 0.5) is 0 Å². The van der Waals surface area contributed by atoms with Crippen molar-refractivity contribution < 1.29 is 0 Å². The Labute approximate surface area is 279 Å². The van der Waals surface area contributed by atoms with Gasteiger partial charge in [0.25, 0.3) is 0 Å². The molecule has 0 nitrogen and oxygen atoms in total. The van der Waals surface area contributed by atoms with Crippen LogP contribution in [0, 0.1) is 0 Å². The summed E-state index contributed by atoms with van der Waals surface area (Å²) >= 11 is 0. The van der Waals surface area contributed by atoms with E-state index >= 15 is 0 Å². The minimum Gasteiger partial charge on any atom is -0.0616 e. The van der Waals surface area contributed by atoms with E-state index in [0.29, 0.717) is 0 Å². The van der Waals surface area contributed by atoms with Gasteiger partial charge in [-0.1, -0.05) is 152 Å². The van der Waals surface area contributed by atoms with Gasteiger partial charge in [-0.2, -0.15) is 0 Å². The molecule has 0 heterocycles. The number of benzene rings is 10. The van der Waals surface area contributed by atoms with Crippen molar-refractivity contribution in [2.45, 2.75) is 0 Å². The van der Waals surface area contributed by atoms with Crippen LogP contribution in [0.5, 0.6) is 0 Å². The lowest BCUT2D eigenvalue weighted by Gasteiger charge is -2.15. The average Bonchev–Trinajstić information content (AvgIpc) is 3.17. The van der Waals surface area contributed by atoms with E-state index in [0.717, 1.165) is 0 Å². The fourth-order valence-electron chi connectivity index (χ4n) is 7.95. The summed E-state index contributed by atoms with van der Waals surface area (Å²) in [6.45, 7) is 0. The minimum atomic E-state index is 1.23. The van der Waals surface area contributed by atoms with Gasteiger partial charge in [-0.05, 0) is 128 Å². The van der Waals surface area contributed by atoms with Crippen LogP contribution in [0.1, 0.15) is 0 Å². The molecule has 0 spiro atoms. The molecule has 0 fully saturated rings. The largest absolute Gasteiger partial charge is 0.0616 e. The highest BCUT2D eigenvalue weighted by Crippen LogP contribution is 2.41. The van der Waals surface area contributed by atoms with Crippen LogP contribution in [-0.4, -0.2) is 0 Å². The van der Waals surface area contributed by atoms with Crippen molar-refractivity contribution in [1.29, 1.82) is 0 Å². The molecule has 0 saturated carbocycles. The zero-order valence-electron chi connectivity index (χ0n) is 26.3. The van der Waals surface area contributed by atoms with Crippen LogP contribution in [-0.2, 0) is 0 Å². The molecule has 0 amide bonds. The molecule has 10 aromatic rings. The lowest BCUT2D eigenvalue weighted by atomic mass is 9.88. The number of hydrogen-bond donors (Lipinski definition) is 0. The molecule has 0 aliphatic carbocycles. The summed E-state index contributed by atoms with van der Waals surface area (Å²) in [7, 11) is 0. The summed E-state index contributed by atoms with van der Waals surface area (Å²) in [4.78, 5) is 0. The first-order valence-corrected chi connectivity index (χ1v) is 16.7. The van der Waals surface area contributed by atoms with Crippen molar-refractivity contribution in [3.63, 3.8) is 0 Å². The van der Waals surface area contributed by atoms with Gasteiger partial charge in [0, 0.05) is 0 Å². The number of hydrogen-bond acceptors (Lipinski definition) is 0. The Kier molecular flexibility index (Phi) is 5.98. The Morgan fingerprint density at radius 2 is 0.542 bits per heavy atom. The molecule has 0 atom stereocenters. The van der Waals surface area contributed by atoms with Gasteiger partial charge in [-0.25, -0.2) is 0 Å². The molecular weight excluding hydrogens is 577 g/mol. The third-order valence-electron chi connectivity index (χ3n) is 10.2. The summed E-state index contributed by atoms with van der Waals surface area (Å²) in [5, 5.41) is 15.4. The normalized spacial score (nSPS) is 11.8. The van der Waals surface area contributed by atoms with Crippen LogP contribution < -0.4 is 0 Å². The Balaban J connectivity index is 1.17. The molecule has 0 radical (unpaired) electrons. The highest BCUT2D eigenvalue weighted by atomic mass is 14.2. The van der Waals surface area contributed by atoms with Gasteiger partial charge in [0.05, 0.1) is 0 Å². The quantitative estimate of drug-likeness (QED) is 0.176. The van der Waals surface area contributed by atoms with E-state index in [-0.39, 0.29) is 0 Å². The molecule has 0 aliphatic heterocycles. The zero-order chi connectivity index (χ0) is 31.6. The van der Waals surface area contributed by atoms with Gasteiger partial charge in [-0.3, -0.25) is 0 Å². The molecule has 48 heavy (non-hydrogen) atoms. The monoisotopic (exact) mass is 606 g/mol. The van der Waals surface area contributed by atoms with Gasteiger partial charge in [-0.15, -0.1) is 0 Å². The van der Waals surface area contributed by atoms with E-state index < -0.39 is 0 Å². The molecular formula is C48H30. The highest BCUT2D eigenvalue weighted by molar-refractivity contribution is 6.18. The summed E-state index contributed by atoms with van der Waals surface area (Å²) in [6, 6.07) is 67.1. The smallest absolute Gasteiger partial charge is 0.00988 e. The average molecular weight is 607 g/mol. The van der Waals surface area contributed by atoms with E-state index in [4.69, 9.17) is 0 Å². The van der Waals surface area contributed by atoms with Crippen molar-refractivity contribution in [3.05, 3.63) is 182 Å². The van der Waals surface area contributed by atoms with Crippen molar-refractivity contribution in [1.82, 2.24) is 0 Å². The second-order valence-electron chi connectivity index (χ2n) is 12.9. The van der Waals surface area contributed by atoms with Crippen LogP contribution in [0.3, 0.4) is 0 Å². The van der Waals surface area contributed by atoms with E-state index in [1.807, 2.05) is 0 Å². The molecule has 222 valence electrons. The first-order valence-electron chi connectivity index (χ1n) is 16.7. The Morgan fingerprint density at radius 1 is 0.188 bits per heavy atom. The summed E-state index contributed by atoms with van der Waals surface area (Å²) in [6.07, 6.45) is 0. The lowest BCUT2D eigenvalue weighted by Crippen LogP contribution is -1.89. The Morgan fingerprint density at radius 3 is 1.02 bits per heavy atom. The molecule has 0 N–H and O–H groups in total.